The average Bonchev–Trinajstić information content (AvgIpc) is 3.16. The molecule has 3 aromatic rings. The van der Waals surface area contributed by atoms with Crippen LogP contribution in [0.4, 0.5) is 0 Å². The van der Waals surface area contributed by atoms with Crippen LogP contribution in [0, 0.1) is 89.0 Å². The second-order valence-electron chi connectivity index (χ2n) is 16.3. The third kappa shape index (κ3) is 23.5. The van der Waals surface area contributed by atoms with E-state index in [0.717, 1.165) is 57.8 Å². The van der Waals surface area contributed by atoms with Gasteiger partial charge in [0.05, 0.1) is 33.4 Å². The Balaban J connectivity index is 0. The molecule has 0 fully saturated rings. The van der Waals surface area contributed by atoms with Crippen molar-refractivity contribution >= 4 is 35.8 Å². The van der Waals surface area contributed by atoms with E-state index in [9.17, 15) is 44.1 Å². The van der Waals surface area contributed by atoms with Crippen molar-refractivity contribution in [2.45, 2.75) is 138 Å². The van der Waals surface area contributed by atoms with Crippen molar-refractivity contribution in [3.63, 3.8) is 0 Å². The molecule has 0 bridgehead atoms. The molecule has 14 heteroatoms. The number of rotatable bonds is 24. The van der Waals surface area contributed by atoms with Crippen LogP contribution in [0.5, 0.6) is 0 Å². The van der Waals surface area contributed by atoms with Crippen molar-refractivity contribution in [3.8, 4) is 0 Å². The number of hydrogen-bond donors (Lipinski definition) is 6. The minimum absolute atomic E-state index is 0. The Morgan fingerprint density at radius 2 is 0.581 bits per heavy atom. The summed E-state index contributed by atoms with van der Waals surface area (Å²) in [4.78, 5) is 67.0. The van der Waals surface area contributed by atoms with E-state index >= 15 is 0 Å². The van der Waals surface area contributed by atoms with Crippen LogP contribution in [0.1, 0.15) is 197 Å². The molecule has 3 aromatic carbocycles. The number of unbranched alkanes of at least 4 members (excludes halogenated alkanes) is 6. The summed E-state index contributed by atoms with van der Waals surface area (Å²) in [6.45, 7) is 13.1. The Morgan fingerprint density at radius 3 is 0.758 bits per heavy atom. The first kappa shape index (κ1) is 61.0. The predicted octanol–water partition coefficient (Wildman–Crippen LogP) is 11.5. The Bertz CT molecular complexity index is 1660. The molecule has 0 aliphatic rings. The summed E-state index contributed by atoms with van der Waals surface area (Å²) in [5.74, 6) is -5.03. The average molecular weight is 1110 g/mol. The van der Waals surface area contributed by atoms with Crippen molar-refractivity contribution in [2.24, 2.45) is 17.8 Å². The summed E-state index contributed by atoms with van der Waals surface area (Å²) in [5.41, 5.74) is 1.26. The monoisotopic (exact) mass is 1110 g/mol. The van der Waals surface area contributed by atoms with E-state index in [1.807, 2.05) is 0 Å². The number of carboxylic acids is 6. The zero-order valence-electron chi connectivity index (χ0n) is 37.3. The molecule has 3 rings (SSSR count). The van der Waals surface area contributed by atoms with Gasteiger partial charge in [0.15, 0.2) is 0 Å². The van der Waals surface area contributed by atoms with E-state index in [4.69, 9.17) is 15.3 Å². The van der Waals surface area contributed by atoms with E-state index in [0.29, 0.717) is 53.7 Å². The number of hydrogen-bond acceptors (Lipinski definition) is 6. The molecule has 0 saturated carbocycles. The molecular weight excluding hydrogens is 1050 g/mol. The molecule has 0 spiro atoms. The molecule has 0 amide bonds. The molecule has 62 heavy (non-hydrogen) atoms. The Hall–Kier alpha value is -3.13. The summed E-state index contributed by atoms with van der Waals surface area (Å²) in [5, 5.41) is 54.8. The molecule has 2 radical (unpaired) electrons. The van der Waals surface area contributed by atoms with Crippen LogP contribution < -0.4 is 0 Å². The maximum atomic E-state index is 11.3. The summed E-state index contributed by atoms with van der Waals surface area (Å²) in [6, 6.07) is 14.0. The predicted molar refractivity (Wildman–Crippen MR) is 232 cm³/mol. The molecule has 12 nitrogen and oxygen atoms in total. The molecular formula is C48H66La2O12. The minimum Gasteiger partial charge on any atom is -0.478 e. The SMILES string of the molecule is CC(C)CCCCCc1cccc(C(=O)O)c1C(=O)O.CC(C)CCCCCc1cccc(C(=O)O)c1C(=O)O.CC(C)CCCCCc1cccc(C(=O)O)c1C(=O)O.[La].[La]. The van der Waals surface area contributed by atoms with Crippen molar-refractivity contribution in [1.82, 2.24) is 0 Å². The van der Waals surface area contributed by atoms with Gasteiger partial charge >= 0.3 is 35.8 Å². The first-order chi connectivity index (χ1) is 28.3. The maximum Gasteiger partial charge on any atom is 0.336 e. The largest absolute Gasteiger partial charge is 0.478 e. The van der Waals surface area contributed by atoms with Gasteiger partial charge in [-0.2, -0.15) is 0 Å². The number of benzene rings is 3. The van der Waals surface area contributed by atoms with Crippen LogP contribution >= 0.6 is 0 Å². The standard InChI is InChI=1S/3C16H22O4.2La/c3*1-11(2)7-4-3-5-8-12-9-6-10-13(15(17)18)14(12)16(19)20;;/h3*6,9-11H,3-5,7-8H2,1-2H3,(H,17,18)(H,19,20);;. The topological polar surface area (TPSA) is 224 Å². The summed E-state index contributed by atoms with van der Waals surface area (Å²) < 4.78 is 0. The second kappa shape index (κ2) is 33.4. The van der Waals surface area contributed by atoms with Gasteiger partial charge in [0.25, 0.3) is 0 Å². The van der Waals surface area contributed by atoms with Crippen molar-refractivity contribution in [3.05, 3.63) is 105 Å². The third-order valence-electron chi connectivity index (χ3n) is 9.97. The van der Waals surface area contributed by atoms with E-state index in [1.165, 1.54) is 37.5 Å². The molecule has 0 heterocycles. The fourth-order valence-electron chi connectivity index (χ4n) is 6.85. The van der Waals surface area contributed by atoms with Crippen LogP contribution in [-0.2, 0) is 19.3 Å². The smallest absolute Gasteiger partial charge is 0.336 e. The number of aryl methyl sites for hydroxylation is 3. The van der Waals surface area contributed by atoms with Gasteiger partial charge in [-0.05, 0) is 91.2 Å². The van der Waals surface area contributed by atoms with Gasteiger partial charge in [-0.15, -0.1) is 0 Å². The molecule has 0 aliphatic heterocycles. The van der Waals surface area contributed by atoms with Crippen LogP contribution in [0.25, 0.3) is 0 Å². The van der Waals surface area contributed by atoms with Crippen molar-refractivity contribution in [2.75, 3.05) is 0 Å². The molecule has 0 atom stereocenters. The van der Waals surface area contributed by atoms with Gasteiger partial charge in [0.1, 0.15) is 0 Å². The number of carboxylic acid groups (broad SMARTS) is 6. The quantitative estimate of drug-likeness (QED) is 0.0461. The third-order valence-corrected chi connectivity index (χ3v) is 9.97. The fraction of sp³-hybridized carbons (Fsp3) is 0.500. The zero-order chi connectivity index (χ0) is 45.4. The Morgan fingerprint density at radius 1 is 0.355 bits per heavy atom. The van der Waals surface area contributed by atoms with Gasteiger partial charge in [-0.3, -0.25) is 0 Å². The fourth-order valence-corrected chi connectivity index (χ4v) is 6.85. The van der Waals surface area contributed by atoms with Crippen LogP contribution in [0.3, 0.4) is 0 Å². The van der Waals surface area contributed by atoms with Crippen LogP contribution in [0.2, 0.25) is 0 Å². The normalized spacial score (nSPS) is 10.4. The summed E-state index contributed by atoms with van der Waals surface area (Å²) in [6.07, 6.45) is 14.5. The van der Waals surface area contributed by atoms with Gasteiger partial charge in [-0.1, -0.05) is 136 Å². The van der Waals surface area contributed by atoms with E-state index < -0.39 is 35.8 Å². The van der Waals surface area contributed by atoms with E-state index in [2.05, 4.69) is 41.5 Å². The molecule has 6 N–H and O–H groups in total. The van der Waals surface area contributed by atoms with Crippen LogP contribution in [-0.4, -0.2) is 66.5 Å². The molecule has 0 unspecified atom stereocenters. The zero-order valence-corrected chi connectivity index (χ0v) is 44.6. The first-order valence-corrected chi connectivity index (χ1v) is 21.0. The number of carbonyl (C=O) groups is 6. The molecule has 0 aliphatic carbocycles. The molecule has 336 valence electrons. The van der Waals surface area contributed by atoms with E-state index in [1.54, 1.807) is 36.4 Å². The molecule has 0 aromatic heterocycles. The van der Waals surface area contributed by atoms with Gasteiger partial charge in [-0.25, -0.2) is 28.8 Å². The van der Waals surface area contributed by atoms with Gasteiger partial charge in [0.2, 0.25) is 0 Å². The summed E-state index contributed by atoms with van der Waals surface area (Å²) in [7, 11) is 0. The van der Waals surface area contributed by atoms with Gasteiger partial charge in [0, 0.05) is 71.2 Å². The molecule has 0 saturated heterocycles. The van der Waals surface area contributed by atoms with Crippen molar-refractivity contribution < 1.29 is 131 Å². The summed E-state index contributed by atoms with van der Waals surface area (Å²) >= 11 is 0. The maximum absolute atomic E-state index is 11.3. The minimum atomic E-state index is -1.19. The first-order valence-electron chi connectivity index (χ1n) is 21.0. The second-order valence-corrected chi connectivity index (χ2v) is 16.3. The number of aromatic carboxylic acids is 6. The Kier molecular flexibility index (Phi) is 32.8. The van der Waals surface area contributed by atoms with E-state index in [-0.39, 0.29) is 105 Å². The van der Waals surface area contributed by atoms with Crippen molar-refractivity contribution in [1.29, 1.82) is 0 Å². The van der Waals surface area contributed by atoms with Gasteiger partial charge < -0.3 is 30.6 Å². The van der Waals surface area contributed by atoms with Crippen LogP contribution in [0.15, 0.2) is 54.6 Å². The Labute approximate surface area is 422 Å².